The lowest BCUT2D eigenvalue weighted by Gasteiger charge is -2.08. The van der Waals surface area contributed by atoms with Crippen LogP contribution in [0.15, 0.2) is 73.1 Å². The van der Waals surface area contributed by atoms with Gasteiger partial charge in [-0.1, -0.05) is 18.2 Å². The molecule has 3 aromatic rings. The van der Waals surface area contributed by atoms with Gasteiger partial charge in [0.25, 0.3) is 0 Å². The highest BCUT2D eigenvalue weighted by atomic mass is 16.5. The van der Waals surface area contributed by atoms with Crippen LogP contribution in [0.1, 0.15) is 32.1 Å². The fraction of sp³-hybridized carbons (Fsp3) is 0.100. The van der Waals surface area contributed by atoms with E-state index in [1.165, 1.54) is 36.7 Å². The number of esters is 2. The molecule has 0 N–H and O–H groups in total. The Labute approximate surface area is 160 Å². The number of carbonyl (C=O) groups excluding carboxylic acids is 2. The zero-order valence-corrected chi connectivity index (χ0v) is 14.7. The van der Waals surface area contributed by atoms with Crippen molar-refractivity contribution in [3.05, 3.63) is 106 Å². The van der Waals surface area contributed by atoms with E-state index in [0.29, 0.717) is 20.6 Å². The number of benzene rings is 1. The molecular weight excluding hydrogens is 364 g/mol. The highest BCUT2D eigenvalue weighted by Crippen LogP contribution is 2.10. The Bertz CT molecular complexity index is 928. The molecule has 2 heterocycles. The van der Waals surface area contributed by atoms with Crippen LogP contribution in [-0.2, 0) is 22.7 Å². The molecule has 0 aliphatic heterocycles. The van der Waals surface area contributed by atoms with E-state index in [-0.39, 0.29) is 24.6 Å². The minimum atomic E-state index is -0.739. The maximum absolute atomic E-state index is 12.0. The summed E-state index contributed by atoms with van der Waals surface area (Å²) >= 11 is 0. The van der Waals surface area contributed by atoms with Crippen molar-refractivity contribution in [3.8, 4) is 0 Å². The van der Waals surface area contributed by atoms with E-state index < -0.39 is 11.9 Å². The summed E-state index contributed by atoms with van der Waals surface area (Å²) in [6, 6.07) is 15.8. The lowest BCUT2D eigenvalue weighted by molar-refractivity contribution is -0.608. The van der Waals surface area contributed by atoms with Crippen molar-refractivity contribution in [3.63, 3.8) is 0 Å². The molecule has 0 aliphatic carbocycles. The zero-order chi connectivity index (χ0) is 19.9. The molecule has 1 aromatic carbocycles. The van der Waals surface area contributed by atoms with Crippen LogP contribution in [0.5, 0.6) is 0 Å². The number of pyridine rings is 2. The first-order valence-electron chi connectivity index (χ1n) is 8.33. The fourth-order valence-electron chi connectivity index (χ4n) is 2.43. The minimum Gasteiger partial charge on any atom is -0.618 e. The topological polar surface area (TPSA) is 106 Å². The quantitative estimate of drug-likeness (QED) is 0.366. The normalized spacial score (nSPS) is 10.3. The predicted molar refractivity (Wildman–Crippen MR) is 95.5 cm³/mol. The Kier molecular flexibility index (Phi) is 5.81. The molecule has 0 aliphatic rings. The van der Waals surface area contributed by atoms with E-state index in [1.54, 1.807) is 36.4 Å². The van der Waals surface area contributed by atoms with Crippen molar-refractivity contribution in [1.29, 1.82) is 0 Å². The Morgan fingerprint density at radius 2 is 1.18 bits per heavy atom. The van der Waals surface area contributed by atoms with Gasteiger partial charge in [0.05, 0.1) is 0 Å². The van der Waals surface area contributed by atoms with Crippen molar-refractivity contribution < 1.29 is 28.5 Å². The van der Waals surface area contributed by atoms with Gasteiger partial charge in [0.15, 0.2) is 12.4 Å². The number of hydrogen-bond donors (Lipinski definition) is 0. The highest BCUT2D eigenvalue weighted by molar-refractivity contribution is 5.86. The maximum Gasteiger partial charge on any atom is 0.405 e. The summed E-state index contributed by atoms with van der Waals surface area (Å²) in [5.41, 5.74) is 1.10. The Hall–Kier alpha value is -3.94. The van der Waals surface area contributed by atoms with Gasteiger partial charge < -0.3 is 19.9 Å². The molecule has 0 atom stereocenters. The summed E-state index contributed by atoms with van der Waals surface area (Å²) in [7, 11) is 0. The van der Waals surface area contributed by atoms with E-state index in [1.807, 2.05) is 0 Å². The lowest BCUT2D eigenvalue weighted by atomic mass is 10.1. The summed E-state index contributed by atoms with van der Waals surface area (Å²) < 4.78 is 11.2. The molecule has 0 spiro atoms. The molecule has 3 rings (SSSR count). The summed E-state index contributed by atoms with van der Waals surface area (Å²) in [6.07, 6.45) is 2.42. The fourth-order valence-corrected chi connectivity index (χ4v) is 2.43. The van der Waals surface area contributed by atoms with Crippen molar-refractivity contribution in [2.24, 2.45) is 0 Å². The average molecular weight is 380 g/mol. The van der Waals surface area contributed by atoms with Gasteiger partial charge >= 0.3 is 23.3 Å². The lowest BCUT2D eigenvalue weighted by Crippen LogP contribution is -2.34. The van der Waals surface area contributed by atoms with Crippen LogP contribution in [0.25, 0.3) is 0 Å². The third-order valence-electron chi connectivity index (χ3n) is 3.80. The summed E-state index contributed by atoms with van der Waals surface area (Å²) in [4.78, 5) is 24.0. The highest BCUT2D eigenvalue weighted by Gasteiger charge is 2.18. The van der Waals surface area contributed by atoms with Gasteiger partial charge in [-0.2, -0.15) is 9.46 Å². The molecule has 0 radical (unpaired) electrons. The van der Waals surface area contributed by atoms with E-state index in [0.717, 1.165) is 0 Å². The molecule has 8 heteroatoms. The number of nitrogens with zero attached hydrogens (tertiary/aromatic N) is 2. The van der Waals surface area contributed by atoms with Crippen molar-refractivity contribution in [2.75, 3.05) is 0 Å². The minimum absolute atomic E-state index is 0.0469. The van der Waals surface area contributed by atoms with Gasteiger partial charge in [-0.05, 0) is 29.3 Å². The third-order valence-corrected chi connectivity index (χ3v) is 3.80. The smallest absolute Gasteiger partial charge is 0.405 e. The first kappa shape index (κ1) is 18.8. The van der Waals surface area contributed by atoms with Gasteiger partial charge in [0.1, 0.15) is 13.2 Å². The number of hydrogen-bond acceptors (Lipinski definition) is 6. The summed E-state index contributed by atoms with van der Waals surface area (Å²) in [5.74, 6) is -1.48. The van der Waals surface area contributed by atoms with E-state index in [2.05, 4.69) is 0 Å². The maximum atomic E-state index is 12.0. The monoisotopic (exact) mass is 380 g/mol. The molecule has 0 bridgehead atoms. The molecule has 142 valence electrons. The van der Waals surface area contributed by atoms with Crippen molar-refractivity contribution >= 4 is 11.9 Å². The molecule has 0 unspecified atom stereocenters. The first-order chi connectivity index (χ1) is 13.5. The van der Waals surface area contributed by atoms with E-state index in [9.17, 15) is 20.0 Å². The second kappa shape index (κ2) is 8.63. The molecular formula is C20H16N2O6. The number of aromatic nitrogens is 2. The molecule has 0 saturated carbocycles. The first-order valence-corrected chi connectivity index (χ1v) is 8.33. The second-order valence-electron chi connectivity index (χ2n) is 5.80. The second-order valence-corrected chi connectivity index (χ2v) is 5.80. The molecule has 2 aromatic heterocycles. The third kappa shape index (κ3) is 4.61. The number of ether oxygens (including phenoxy) is 2. The van der Waals surface area contributed by atoms with Crippen LogP contribution < -0.4 is 9.46 Å². The van der Waals surface area contributed by atoms with Crippen LogP contribution in [0.2, 0.25) is 0 Å². The van der Waals surface area contributed by atoms with Crippen LogP contribution >= 0.6 is 0 Å². The van der Waals surface area contributed by atoms with Gasteiger partial charge in [-0.25, -0.2) is 9.59 Å². The van der Waals surface area contributed by atoms with E-state index >= 15 is 0 Å². The molecule has 8 nitrogen and oxygen atoms in total. The van der Waals surface area contributed by atoms with Gasteiger partial charge in [0.2, 0.25) is 0 Å². The Morgan fingerprint density at radius 3 is 1.61 bits per heavy atom. The number of carbonyl (C=O) groups is 2. The van der Waals surface area contributed by atoms with Crippen molar-refractivity contribution in [1.82, 2.24) is 0 Å². The summed E-state index contributed by atoms with van der Waals surface area (Å²) in [6.45, 7) is -0.0937. The molecule has 0 fully saturated rings. The largest absolute Gasteiger partial charge is 0.618 e. The SMILES string of the molecule is O=C(OCc1cccc(COC(=O)c2cccc[n+]2[O-])c1)c1cccc[n+]1[O-]. The summed E-state index contributed by atoms with van der Waals surface area (Å²) in [5, 5.41) is 23.1. The van der Waals surface area contributed by atoms with Gasteiger partial charge in [-0.3, -0.25) is 0 Å². The Balaban J connectivity index is 1.58. The van der Waals surface area contributed by atoms with Crippen LogP contribution in [0.3, 0.4) is 0 Å². The molecule has 28 heavy (non-hydrogen) atoms. The van der Waals surface area contributed by atoms with Crippen LogP contribution in [-0.4, -0.2) is 11.9 Å². The van der Waals surface area contributed by atoms with Gasteiger partial charge in [0, 0.05) is 24.3 Å². The standard InChI is InChI=1S/C20H16N2O6/c23-19(17-8-1-3-10-21(17)25)27-13-15-6-5-7-16(12-15)14-28-20(24)18-9-2-4-11-22(18)26/h1-12H,13-14H2. The Morgan fingerprint density at radius 1 is 0.714 bits per heavy atom. The van der Waals surface area contributed by atoms with E-state index in [4.69, 9.17) is 9.47 Å². The van der Waals surface area contributed by atoms with Crippen LogP contribution in [0, 0.1) is 10.4 Å². The van der Waals surface area contributed by atoms with Crippen molar-refractivity contribution in [2.45, 2.75) is 13.2 Å². The molecule has 0 amide bonds. The number of rotatable bonds is 6. The zero-order valence-electron chi connectivity index (χ0n) is 14.7. The van der Waals surface area contributed by atoms with Crippen LogP contribution in [0.4, 0.5) is 0 Å². The average Bonchev–Trinajstić information content (AvgIpc) is 2.71. The molecule has 0 saturated heterocycles. The van der Waals surface area contributed by atoms with Gasteiger partial charge in [-0.15, -0.1) is 0 Å². The predicted octanol–water partition coefficient (Wildman–Crippen LogP) is 1.67.